The highest BCUT2D eigenvalue weighted by atomic mass is 16.4. The highest BCUT2D eigenvalue weighted by Crippen LogP contribution is 2.37. The summed E-state index contributed by atoms with van der Waals surface area (Å²) < 4.78 is 0. The lowest BCUT2D eigenvalue weighted by molar-refractivity contribution is 0.0685. The van der Waals surface area contributed by atoms with Crippen LogP contribution >= 0.6 is 0 Å². The predicted octanol–water partition coefficient (Wildman–Crippen LogP) is 3.62. The average Bonchev–Trinajstić information content (AvgIpc) is 2.57. The summed E-state index contributed by atoms with van der Waals surface area (Å²) in [5, 5.41) is 29.4. The van der Waals surface area contributed by atoms with Gasteiger partial charge in [-0.1, -0.05) is 24.3 Å². The molecule has 0 saturated carbocycles. The fraction of sp³-hybridized carbons (Fsp3) is 0.105. The van der Waals surface area contributed by atoms with E-state index in [1.165, 1.54) is 24.3 Å². The zero-order valence-corrected chi connectivity index (χ0v) is 13.6. The van der Waals surface area contributed by atoms with Crippen LogP contribution in [0.2, 0.25) is 0 Å². The Hall–Kier alpha value is -3.41. The second-order valence-corrected chi connectivity index (χ2v) is 5.78. The molecule has 2 aromatic carbocycles. The number of rotatable bonds is 3. The van der Waals surface area contributed by atoms with E-state index in [1.54, 1.807) is 12.1 Å². The van der Waals surface area contributed by atoms with Crippen molar-refractivity contribution in [3.05, 3.63) is 58.7 Å². The Kier molecular flexibility index (Phi) is 3.88. The molecule has 3 aromatic rings. The molecule has 6 nitrogen and oxygen atoms in total. The number of hydrogen-bond donors (Lipinski definition) is 3. The van der Waals surface area contributed by atoms with Crippen LogP contribution in [0, 0.1) is 13.8 Å². The van der Waals surface area contributed by atoms with Gasteiger partial charge in [0.1, 0.15) is 11.3 Å². The summed E-state index contributed by atoms with van der Waals surface area (Å²) in [6, 6.07) is 9.17. The molecule has 3 rings (SSSR count). The normalized spacial score (nSPS) is 10.8. The van der Waals surface area contributed by atoms with Crippen molar-refractivity contribution in [1.82, 2.24) is 4.98 Å². The number of carboxylic acid groups (broad SMARTS) is 2. The fourth-order valence-corrected chi connectivity index (χ4v) is 2.75. The van der Waals surface area contributed by atoms with E-state index in [0.717, 1.165) is 11.1 Å². The van der Waals surface area contributed by atoms with Crippen LogP contribution in [0.5, 0.6) is 5.75 Å². The lowest BCUT2D eigenvalue weighted by Gasteiger charge is -2.13. The van der Waals surface area contributed by atoms with E-state index >= 15 is 0 Å². The first-order chi connectivity index (χ1) is 11.8. The van der Waals surface area contributed by atoms with E-state index in [2.05, 4.69) is 4.98 Å². The minimum absolute atomic E-state index is 0.0921. The number of pyridine rings is 1. The highest BCUT2D eigenvalue weighted by Gasteiger charge is 2.22. The maximum absolute atomic E-state index is 11.7. The lowest BCUT2D eigenvalue weighted by Crippen LogP contribution is -2.03. The summed E-state index contributed by atoms with van der Waals surface area (Å²) in [6.45, 7) is 3.73. The highest BCUT2D eigenvalue weighted by molar-refractivity contribution is 6.08. The summed E-state index contributed by atoms with van der Waals surface area (Å²) >= 11 is 0. The number of hydrogen-bond acceptors (Lipinski definition) is 4. The van der Waals surface area contributed by atoms with Crippen molar-refractivity contribution in [3.8, 4) is 17.0 Å². The molecular weight excluding hydrogens is 322 g/mol. The molecule has 6 heteroatoms. The number of nitrogens with zero attached hydrogens (tertiary/aromatic N) is 1. The molecular formula is C19H15NO5. The average molecular weight is 337 g/mol. The van der Waals surface area contributed by atoms with Gasteiger partial charge < -0.3 is 15.3 Å². The maximum atomic E-state index is 11.7. The van der Waals surface area contributed by atoms with Crippen LogP contribution in [-0.2, 0) is 0 Å². The molecule has 0 amide bonds. The maximum Gasteiger partial charge on any atom is 0.340 e. The van der Waals surface area contributed by atoms with Gasteiger partial charge in [0.05, 0.1) is 11.1 Å². The van der Waals surface area contributed by atoms with Crippen molar-refractivity contribution < 1.29 is 24.9 Å². The third-order valence-corrected chi connectivity index (χ3v) is 4.28. The minimum Gasteiger partial charge on any atom is -0.505 e. The summed E-state index contributed by atoms with van der Waals surface area (Å²) in [5.41, 5.74) is 2.69. The first-order valence-electron chi connectivity index (χ1n) is 7.51. The van der Waals surface area contributed by atoms with Crippen LogP contribution in [0.4, 0.5) is 0 Å². The quantitative estimate of drug-likeness (QED) is 0.674. The first kappa shape index (κ1) is 16.4. The van der Waals surface area contributed by atoms with Gasteiger partial charge in [-0.15, -0.1) is 0 Å². The monoisotopic (exact) mass is 337 g/mol. The molecule has 0 fully saturated rings. The minimum atomic E-state index is -1.25. The van der Waals surface area contributed by atoms with E-state index < -0.39 is 17.7 Å². The number of aromatic hydroxyl groups is 1. The summed E-state index contributed by atoms with van der Waals surface area (Å²) in [6.07, 6.45) is 0. The zero-order chi connectivity index (χ0) is 18.3. The number of aromatic carboxylic acids is 2. The Morgan fingerprint density at radius 1 is 0.920 bits per heavy atom. The molecule has 1 aromatic heterocycles. The van der Waals surface area contributed by atoms with E-state index in [1.807, 2.05) is 13.8 Å². The summed E-state index contributed by atoms with van der Waals surface area (Å²) in [4.78, 5) is 27.1. The van der Waals surface area contributed by atoms with Gasteiger partial charge in [-0.05, 0) is 37.1 Å². The number of fused-ring (bicyclic) bond motifs is 1. The second kappa shape index (κ2) is 5.90. The lowest BCUT2D eigenvalue weighted by atomic mass is 9.98. The van der Waals surface area contributed by atoms with Crippen molar-refractivity contribution in [2.75, 3.05) is 0 Å². The molecule has 0 atom stereocenters. The Balaban J connectivity index is 2.35. The second-order valence-electron chi connectivity index (χ2n) is 5.78. The van der Waals surface area contributed by atoms with E-state index in [4.69, 9.17) is 5.11 Å². The molecule has 0 spiro atoms. The van der Waals surface area contributed by atoms with Crippen molar-refractivity contribution in [1.29, 1.82) is 0 Å². The van der Waals surface area contributed by atoms with Gasteiger partial charge in [0.15, 0.2) is 5.75 Å². The molecule has 1 heterocycles. The van der Waals surface area contributed by atoms with Crippen LogP contribution in [0.25, 0.3) is 22.2 Å². The van der Waals surface area contributed by atoms with Crippen molar-refractivity contribution in [2.24, 2.45) is 0 Å². The number of aromatic nitrogens is 1. The number of aryl methyl sites for hydroxylation is 2. The van der Waals surface area contributed by atoms with Gasteiger partial charge in [-0.3, -0.25) is 0 Å². The van der Waals surface area contributed by atoms with Crippen molar-refractivity contribution in [2.45, 2.75) is 13.8 Å². The third kappa shape index (κ3) is 2.67. The first-order valence-corrected chi connectivity index (χ1v) is 7.51. The van der Waals surface area contributed by atoms with Crippen molar-refractivity contribution in [3.63, 3.8) is 0 Å². The third-order valence-electron chi connectivity index (χ3n) is 4.28. The zero-order valence-electron chi connectivity index (χ0n) is 13.6. The Morgan fingerprint density at radius 2 is 1.56 bits per heavy atom. The number of carbonyl (C=O) groups is 2. The molecule has 3 N–H and O–H groups in total. The summed E-state index contributed by atoms with van der Waals surface area (Å²) in [5.74, 6) is -2.76. The fourth-order valence-electron chi connectivity index (χ4n) is 2.75. The topological polar surface area (TPSA) is 108 Å². The molecule has 0 unspecified atom stereocenters. The van der Waals surface area contributed by atoms with Gasteiger partial charge in [0.2, 0.25) is 0 Å². The van der Waals surface area contributed by atoms with Crippen LogP contribution in [0.15, 0.2) is 36.4 Å². The van der Waals surface area contributed by atoms with Gasteiger partial charge in [-0.25, -0.2) is 14.6 Å². The van der Waals surface area contributed by atoms with E-state index in [9.17, 15) is 19.8 Å². The smallest absolute Gasteiger partial charge is 0.340 e. The molecule has 126 valence electrons. The Bertz CT molecular complexity index is 1020. The molecule has 0 aliphatic carbocycles. The Morgan fingerprint density at radius 3 is 2.12 bits per heavy atom. The van der Waals surface area contributed by atoms with Crippen LogP contribution in [0.1, 0.15) is 31.8 Å². The molecule has 0 aliphatic heterocycles. The van der Waals surface area contributed by atoms with Crippen LogP contribution in [-0.4, -0.2) is 32.2 Å². The number of carboxylic acids is 2. The SMILES string of the molecule is Cc1ccc2c(C(=O)O)c(O)c(-c3ccc(C(=O)O)cc3)nc2c1C. The molecule has 25 heavy (non-hydrogen) atoms. The van der Waals surface area contributed by atoms with E-state index in [0.29, 0.717) is 16.5 Å². The molecule has 0 radical (unpaired) electrons. The van der Waals surface area contributed by atoms with Crippen LogP contribution < -0.4 is 0 Å². The number of benzene rings is 2. The van der Waals surface area contributed by atoms with Crippen LogP contribution in [0.3, 0.4) is 0 Å². The molecule has 0 bridgehead atoms. The van der Waals surface area contributed by atoms with Gasteiger partial charge in [-0.2, -0.15) is 0 Å². The van der Waals surface area contributed by atoms with Crippen molar-refractivity contribution >= 4 is 22.8 Å². The summed E-state index contributed by atoms with van der Waals surface area (Å²) in [7, 11) is 0. The largest absolute Gasteiger partial charge is 0.505 e. The van der Waals surface area contributed by atoms with E-state index in [-0.39, 0.29) is 16.8 Å². The Labute approximate surface area is 143 Å². The predicted molar refractivity (Wildman–Crippen MR) is 92.2 cm³/mol. The molecule has 0 saturated heterocycles. The van der Waals surface area contributed by atoms with Gasteiger partial charge >= 0.3 is 11.9 Å². The standard InChI is InChI=1S/C19H15NO5/c1-9-3-8-13-14(19(24)25)17(21)16(20-15(13)10(9)2)11-4-6-12(7-5-11)18(22)23/h3-8,21H,1-2H3,(H,22,23)(H,24,25). The van der Waals surface area contributed by atoms with Gasteiger partial charge in [0.25, 0.3) is 0 Å². The van der Waals surface area contributed by atoms with Gasteiger partial charge in [0, 0.05) is 10.9 Å². The molecule has 0 aliphatic rings.